The minimum atomic E-state index is 0.00842. The zero-order valence-corrected chi connectivity index (χ0v) is 17.1. The number of carbonyl (C=O) groups is 1. The molecule has 4 rings (SSSR count). The summed E-state index contributed by atoms with van der Waals surface area (Å²) in [6.45, 7) is 8.90. The Balaban J connectivity index is 1.39. The van der Waals surface area contributed by atoms with Crippen LogP contribution in [0.4, 0.5) is 0 Å². The van der Waals surface area contributed by atoms with Crippen LogP contribution in [-0.4, -0.2) is 57.0 Å². The number of aryl methyl sites for hydroxylation is 2. The van der Waals surface area contributed by atoms with Gasteiger partial charge in [0.1, 0.15) is 4.88 Å². The number of aromatic nitrogens is 3. The first-order valence-electron chi connectivity index (χ1n) is 9.37. The molecule has 3 aromatic rings. The van der Waals surface area contributed by atoms with Gasteiger partial charge in [-0.25, -0.2) is 4.98 Å². The maximum atomic E-state index is 12.6. The van der Waals surface area contributed by atoms with Gasteiger partial charge in [0, 0.05) is 31.7 Å². The van der Waals surface area contributed by atoms with Crippen molar-refractivity contribution in [3.8, 4) is 11.4 Å². The van der Waals surface area contributed by atoms with E-state index in [9.17, 15) is 4.79 Å². The highest BCUT2D eigenvalue weighted by Gasteiger charge is 2.29. The number of rotatable bonds is 4. The van der Waals surface area contributed by atoms with Gasteiger partial charge in [-0.05, 0) is 20.8 Å². The lowest BCUT2D eigenvalue weighted by Gasteiger charge is -2.36. The normalized spacial score (nSPS) is 16.3. The van der Waals surface area contributed by atoms with Crippen molar-refractivity contribution < 1.29 is 9.32 Å². The van der Waals surface area contributed by atoms with Crippen LogP contribution in [0.15, 0.2) is 34.3 Å². The monoisotopic (exact) mass is 397 g/mol. The summed E-state index contributed by atoms with van der Waals surface area (Å²) in [5, 5.41) is 4.14. The van der Waals surface area contributed by atoms with Gasteiger partial charge in [0.15, 0.2) is 0 Å². The molecule has 7 nitrogen and oxygen atoms in total. The number of thiazole rings is 1. The third-order valence-electron chi connectivity index (χ3n) is 5.20. The van der Waals surface area contributed by atoms with E-state index in [0.717, 1.165) is 29.2 Å². The maximum Gasteiger partial charge on any atom is 0.265 e. The van der Waals surface area contributed by atoms with E-state index in [1.165, 1.54) is 16.9 Å². The summed E-state index contributed by atoms with van der Waals surface area (Å²) in [6, 6.07) is 8.08. The Morgan fingerprint density at radius 1 is 1.14 bits per heavy atom. The van der Waals surface area contributed by atoms with Gasteiger partial charge in [0.25, 0.3) is 5.91 Å². The second-order valence-electron chi connectivity index (χ2n) is 7.09. The number of hydrogen-bond donors (Lipinski definition) is 0. The van der Waals surface area contributed by atoms with Crippen LogP contribution in [0.1, 0.15) is 39.8 Å². The Bertz CT molecular complexity index is 957. The molecule has 1 aliphatic heterocycles. The Kier molecular flexibility index (Phi) is 5.23. The second kappa shape index (κ2) is 7.81. The average molecular weight is 398 g/mol. The van der Waals surface area contributed by atoms with Crippen LogP contribution in [0.5, 0.6) is 0 Å². The molecule has 0 saturated carbocycles. The van der Waals surface area contributed by atoms with E-state index in [0.29, 0.717) is 24.8 Å². The smallest absolute Gasteiger partial charge is 0.265 e. The number of hydrogen-bond acceptors (Lipinski definition) is 7. The molecule has 0 unspecified atom stereocenters. The summed E-state index contributed by atoms with van der Waals surface area (Å²) in [5.41, 5.74) is 4.67. The van der Waals surface area contributed by atoms with E-state index in [4.69, 9.17) is 4.52 Å². The second-order valence-corrected chi connectivity index (χ2v) is 7.95. The fourth-order valence-electron chi connectivity index (χ4n) is 3.34. The van der Waals surface area contributed by atoms with Crippen molar-refractivity contribution >= 4 is 17.2 Å². The van der Waals surface area contributed by atoms with Crippen LogP contribution in [0.2, 0.25) is 0 Å². The molecule has 1 amide bonds. The van der Waals surface area contributed by atoms with Crippen LogP contribution in [0.3, 0.4) is 0 Å². The lowest BCUT2D eigenvalue weighted by atomic mass is 10.1. The van der Waals surface area contributed by atoms with Gasteiger partial charge >= 0.3 is 0 Å². The fourth-order valence-corrected chi connectivity index (χ4v) is 4.11. The molecule has 0 spiro atoms. The van der Waals surface area contributed by atoms with Crippen LogP contribution < -0.4 is 0 Å². The highest BCUT2D eigenvalue weighted by molar-refractivity contribution is 7.11. The van der Waals surface area contributed by atoms with Gasteiger partial charge in [0.2, 0.25) is 11.7 Å². The highest BCUT2D eigenvalue weighted by atomic mass is 32.1. The van der Waals surface area contributed by atoms with Gasteiger partial charge in [-0.2, -0.15) is 4.98 Å². The Morgan fingerprint density at radius 2 is 1.86 bits per heavy atom. The van der Waals surface area contributed by atoms with Gasteiger partial charge < -0.3 is 9.42 Å². The summed E-state index contributed by atoms with van der Waals surface area (Å²) in [4.78, 5) is 26.3. The van der Waals surface area contributed by atoms with Gasteiger partial charge in [-0.1, -0.05) is 35.0 Å². The van der Waals surface area contributed by atoms with E-state index in [2.05, 4.69) is 26.9 Å². The molecule has 0 bridgehead atoms. The van der Waals surface area contributed by atoms with E-state index < -0.39 is 0 Å². The molecule has 0 radical (unpaired) electrons. The van der Waals surface area contributed by atoms with Crippen molar-refractivity contribution in [3.63, 3.8) is 0 Å². The molecule has 1 saturated heterocycles. The Hall–Kier alpha value is -2.58. The van der Waals surface area contributed by atoms with E-state index in [1.807, 2.05) is 43.0 Å². The molecule has 2 aromatic heterocycles. The molecule has 1 fully saturated rings. The molecular weight excluding hydrogens is 374 g/mol. The molecule has 0 N–H and O–H groups in total. The van der Waals surface area contributed by atoms with E-state index in [-0.39, 0.29) is 11.9 Å². The first-order valence-corrected chi connectivity index (χ1v) is 10.2. The van der Waals surface area contributed by atoms with Crippen molar-refractivity contribution in [3.05, 3.63) is 51.8 Å². The summed E-state index contributed by atoms with van der Waals surface area (Å²) in [6.07, 6.45) is 0. The first-order chi connectivity index (χ1) is 13.5. The average Bonchev–Trinajstić information content (AvgIpc) is 3.37. The van der Waals surface area contributed by atoms with Gasteiger partial charge in [0.05, 0.1) is 17.2 Å². The molecule has 1 atom stereocenters. The molecule has 0 aliphatic carbocycles. The third-order valence-corrected chi connectivity index (χ3v) is 6.11. The van der Waals surface area contributed by atoms with Crippen molar-refractivity contribution in [2.45, 2.75) is 26.8 Å². The third kappa shape index (κ3) is 3.70. The molecule has 1 aromatic carbocycles. The lowest BCUT2D eigenvalue weighted by molar-refractivity contribution is 0.0555. The number of carbonyl (C=O) groups excluding carboxylic acids is 1. The van der Waals surface area contributed by atoms with Crippen molar-refractivity contribution in [2.24, 2.45) is 0 Å². The number of piperazine rings is 1. The predicted molar refractivity (Wildman–Crippen MR) is 107 cm³/mol. The molecule has 1 aliphatic rings. The SMILES string of the molecule is Cc1ccc(-c2noc([C@@H](C)N3CCN(C(=O)c4scnc4C)CC3)n2)cc1. The van der Waals surface area contributed by atoms with E-state index in [1.54, 1.807) is 5.51 Å². The van der Waals surface area contributed by atoms with Gasteiger partial charge in [-0.15, -0.1) is 11.3 Å². The molecule has 3 heterocycles. The summed E-state index contributed by atoms with van der Waals surface area (Å²) < 4.78 is 5.52. The van der Waals surface area contributed by atoms with Crippen molar-refractivity contribution in [2.75, 3.05) is 26.2 Å². The van der Waals surface area contributed by atoms with Crippen LogP contribution in [-0.2, 0) is 0 Å². The zero-order chi connectivity index (χ0) is 19.7. The maximum absolute atomic E-state index is 12.6. The Morgan fingerprint density at radius 3 is 2.50 bits per heavy atom. The van der Waals surface area contributed by atoms with Crippen LogP contribution in [0, 0.1) is 13.8 Å². The summed E-state index contributed by atoms with van der Waals surface area (Å²) in [5.74, 6) is 1.29. The standard InChI is InChI=1S/C20H23N5O2S/c1-13-4-6-16(7-5-13)18-22-19(27-23-18)15(3)24-8-10-25(11-9-24)20(26)17-14(2)21-12-28-17/h4-7,12,15H,8-11H2,1-3H3/t15-/m1/s1. The number of nitrogens with zero attached hydrogens (tertiary/aromatic N) is 5. The fraction of sp³-hybridized carbons (Fsp3) is 0.400. The first kappa shape index (κ1) is 18.8. The lowest BCUT2D eigenvalue weighted by Crippen LogP contribution is -2.49. The Labute approximate surface area is 168 Å². The van der Waals surface area contributed by atoms with E-state index >= 15 is 0 Å². The summed E-state index contributed by atoms with van der Waals surface area (Å²) in [7, 11) is 0. The van der Waals surface area contributed by atoms with Gasteiger partial charge in [-0.3, -0.25) is 9.69 Å². The van der Waals surface area contributed by atoms with Crippen molar-refractivity contribution in [1.29, 1.82) is 0 Å². The zero-order valence-electron chi connectivity index (χ0n) is 16.3. The largest absolute Gasteiger partial charge is 0.337 e. The van der Waals surface area contributed by atoms with Crippen LogP contribution in [0.25, 0.3) is 11.4 Å². The molecule has 146 valence electrons. The topological polar surface area (TPSA) is 75.4 Å². The highest BCUT2D eigenvalue weighted by Crippen LogP contribution is 2.24. The minimum absolute atomic E-state index is 0.00842. The number of benzene rings is 1. The molecule has 8 heteroatoms. The molecular formula is C20H23N5O2S. The number of amides is 1. The van der Waals surface area contributed by atoms with Crippen molar-refractivity contribution in [1.82, 2.24) is 24.9 Å². The molecule has 28 heavy (non-hydrogen) atoms. The summed E-state index contributed by atoms with van der Waals surface area (Å²) >= 11 is 1.41. The minimum Gasteiger partial charge on any atom is -0.337 e. The predicted octanol–water partition coefficient (Wildman–Crippen LogP) is 3.33. The van der Waals surface area contributed by atoms with Crippen LogP contribution >= 0.6 is 11.3 Å². The quantitative estimate of drug-likeness (QED) is 0.672.